The van der Waals surface area contributed by atoms with Gasteiger partial charge in [0.05, 0.1) is 6.04 Å². The van der Waals surface area contributed by atoms with Gasteiger partial charge in [-0.2, -0.15) is 0 Å². The van der Waals surface area contributed by atoms with E-state index in [-0.39, 0.29) is 6.03 Å². The van der Waals surface area contributed by atoms with Gasteiger partial charge in [-0.05, 0) is 74.9 Å². The fourth-order valence-electron chi connectivity index (χ4n) is 5.35. The van der Waals surface area contributed by atoms with E-state index in [1.54, 1.807) is 0 Å². The average molecular weight is 483 g/mol. The number of hydrogen-bond acceptors (Lipinski definition) is 2. The third-order valence-corrected chi connectivity index (χ3v) is 8.22. The molecule has 6 heteroatoms. The lowest BCUT2D eigenvalue weighted by Crippen LogP contribution is -2.44. The van der Waals surface area contributed by atoms with Crippen molar-refractivity contribution in [2.24, 2.45) is 5.92 Å². The van der Waals surface area contributed by atoms with Crippen molar-refractivity contribution in [2.45, 2.75) is 63.5 Å². The van der Waals surface area contributed by atoms with Crippen LogP contribution in [-0.4, -0.2) is 66.0 Å². The highest BCUT2D eigenvalue weighted by Gasteiger charge is 2.39. The van der Waals surface area contributed by atoms with Crippen LogP contribution < -0.4 is 0 Å². The molecule has 1 aliphatic carbocycles. The van der Waals surface area contributed by atoms with Crippen LogP contribution in [0.5, 0.6) is 0 Å². The molecular weight excluding hydrogens is 450 g/mol. The Labute approximate surface area is 188 Å². The van der Waals surface area contributed by atoms with Gasteiger partial charge in [0.25, 0.3) is 0 Å². The zero-order chi connectivity index (χ0) is 20.4. The highest BCUT2D eigenvalue weighted by Crippen LogP contribution is 2.30. The van der Waals surface area contributed by atoms with Gasteiger partial charge < -0.3 is 14.7 Å². The second-order valence-electron chi connectivity index (χ2n) is 9.18. The minimum Gasteiger partial charge on any atom is -0.322 e. The van der Waals surface area contributed by atoms with E-state index in [2.05, 4.69) is 37.9 Å². The fraction of sp³-hybridized carbons (Fsp3) is 0.696. The molecule has 0 radical (unpaired) electrons. The Morgan fingerprint density at radius 2 is 1.83 bits per heavy atom. The van der Waals surface area contributed by atoms with Crippen LogP contribution >= 0.6 is 27.5 Å². The van der Waals surface area contributed by atoms with Crippen molar-refractivity contribution in [3.05, 3.63) is 33.3 Å². The lowest BCUT2D eigenvalue weighted by Gasteiger charge is -2.34. The van der Waals surface area contributed by atoms with Crippen LogP contribution in [0.15, 0.2) is 22.7 Å². The van der Waals surface area contributed by atoms with E-state index in [4.69, 9.17) is 11.6 Å². The van der Waals surface area contributed by atoms with Crippen LogP contribution in [0.2, 0.25) is 5.02 Å². The number of rotatable bonds is 5. The second-order valence-corrected chi connectivity index (χ2v) is 10.5. The Morgan fingerprint density at radius 1 is 1.10 bits per heavy atom. The summed E-state index contributed by atoms with van der Waals surface area (Å²) in [6.07, 6.45) is 9.79. The molecule has 0 N–H and O–H groups in total. The molecule has 29 heavy (non-hydrogen) atoms. The van der Waals surface area contributed by atoms with Crippen molar-refractivity contribution in [2.75, 3.05) is 33.2 Å². The Balaban J connectivity index is 1.27. The maximum atomic E-state index is 12.8. The van der Waals surface area contributed by atoms with E-state index >= 15 is 0 Å². The van der Waals surface area contributed by atoms with Crippen molar-refractivity contribution in [1.29, 1.82) is 0 Å². The standard InChI is InChI=1S/C23H33BrClN3O/c1-26-21(16-28(23(26)29)20-5-3-2-4-6-20)15-27-11-9-17(10-12-27)13-18-14-19(25)7-8-22(18)24/h7-8,14,17,20-21H,2-6,9-13,15-16H2,1H3. The molecule has 0 aromatic heterocycles. The molecule has 4 nitrogen and oxygen atoms in total. The second kappa shape index (κ2) is 9.57. The summed E-state index contributed by atoms with van der Waals surface area (Å²) in [6, 6.07) is 7.15. The van der Waals surface area contributed by atoms with Crippen LogP contribution in [0, 0.1) is 5.92 Å². The number of nitrogens with zero attached hydrogens (tertiary/aromatic N) is 3. The summed E-state index contributed by atoms with van der Waals surface area (Å²) in [5, 5.41) is 0.817. The van der Waals surface area contributed by atoms with Gasteiger partial charge in [-0.1, -0.05) is 46.8 Å². The van der Waals surface area contributed by atoms with E-state index in [0.717, 1.165) is 37.6 Å². The molecule has 160 valence electrons. The molecule has 1 unspecified atom stereocenters. The summed E-state index contributed by atoms with van der Waals surface area (Å²) in [6.45, 7) is 4.18. The van der Waals surface area contributed by atoms with E-state index in [0.29, 0.717) is 18.0 Å². The summed E-state index contributed by atoms with van der Waals surface area (Å²) in [4.78, 5) is 19.5. The number of likely N-dealkylation sites (tertiary alicyclic amines) is 1. The van der Waals surface area contributed by atoms with Gasteiger partial charge in [-0.25, -0.2) is 4.79 Å². The maximum Gasteiger partial charge on any atom is 0.320 e. The summed E-state index contributed by atoms with van der Waals surface area (Å²) in [5.41, 5.74) is 1.32. The molecule has 0 spiro atoms. The van der Waals surface area contributed by atoms with Gasteiger partial charge in [0.2, 0.25) is 0 Å². The number of amides is 2. The third-order valence-electron chi connectivity index (χ3n) is 7.21. The number of hydrogen-bond donors (Lipinski definition) is 0. The highest BCUT2D eigenvalue weighted by molar-refractivity contribution is 9.10. The highest BCUT2D eigenvalue weighted by atomic mass is 79.9. The molecule has 2 aliphatic heterocycles. The molecule has 4 rings (SSSR count). The zero-order valence-electron chi connectivity index (χ0n) is 17.5. The molecular formula is C23H33BrClN3O. The number of piperidine rings is 1. The maximum absolute atomic E-state index is 12.8. The Bertz CT molecular complexity index is 716. The Hall–Kier alpha value is -0.780. The summed E-state index contributed by atoms with van der Waals surface area (Å²) >= 11 is 9.85. The first kappa shape index (κ1) is 21.5. The predicted molar refractivity (Wildman–Crippen MR) is 123 cm³/mol. The van der Waals surface area contributed by atoms with Crippen molar-refractivity contribution in [3.8, 4) is 0 Å². The van der Waals surface area contributed by atoms with Gasteiger partial charge in [-0.3, -0.25) is 0 Å². The van der Waals surface area contributed by atoms with Gasteiger partial charge in [-0.15, -0.1) is 0 Å². The van der Waals surface area contributed by atoms with Crippen molar-refractivity contribution in [3.63, 3.8) is 0 Å². The smallest absolute Gasteiger partial charge is 0.320 e. The molecule has 1 aromatic carbocycles. The number of likely N-dealkylation sites (N-methyl/N-ethyl adjacent to an activating group) is 1. The molecule has 1 aromatic rings. The molecule has 2 saturated heterocycles. The molecule has 0 bridgehead atoms. The van der Waals surface area contributed by atoms with Crippen LogP contribution in [0.1, 0.15) is 50.5 Å². The molecule has 1 atom stereocenters. The number of urea groups is 1. The van der Waals surface area contributed by atoms with Crippen molar-refractivity contribution in [1.82, 2.24) is 14.7 Å². The van der Waals surface area contributed by atoms with Gasteiger partial charge in [0.15, 0.2) is 0 Å². The van der Waals surface area contributed by atoms with E-state index in [9.17, 15) is 4.79 Å². The zero-order valence-corrected chi connectivity index (χ0v) is 19.8. The largest absolute Gasteiger partial charge is 0.322 e. The minimum atomic E-state index is 0.252. The summed E-state index contributed by atoms with van der Waals surface area (Å²) in [5.74, 6) is 0.711. The number of halogens is 2. The first-order valence-electron chi connectivity index (χ1n) is 11.2. The first-order valence-corrected chi connectivity index (χ1v) is 12.4. The fourth-order valence-corrected chi connectivity index (χ4v) is 5.95. The van der Waals surface area contributed by atoms with E-state index in [1.807, 2.05) is 18.0 Å². The van der Waals surface area contributed by atoms with Gasteiger partial charge in [0.1, 0.15) is 0 Å². The lowest BCUT2D eigenvalue weighted by molar-refractivity contribution is 0.149. The average Bonchev–Trinajstić information content (AvgIpc) is 3.01. The SMILES string of the molecule is CN1C(=O)N(C2CCCCC2)CC1CN1CCC(Cc2cc(Cl)ccc2Br)CC1. The number of benzene rings is 1. The van der Waals surface area contributed by atoms with Crippen LogP contribution in [-0.2, 0) is 6.42 Å². The van der Waals surface area contributed by atoms with Crippen LogP contribution in [0.3, 0.4) is 0 Å². The van der Waals surface area contributed by atoms with Crippen molar-refractivity contribution >= 4 is 33.6 Å². The van der Waals surface area contributed by atoms with E-state index in [1.165, 1.54) is 55.0 Å². The monoisotopic (exact) mass is 481 g/mol. The predicted octanol–water partition coefficient (Wildman–Crippen LogP) is 5.43. The molecule has 2 amide bonds. The van der Waals surface area contributed by atoms with Crippen LogP contribution in [0.25, 0.3) is 0 Å². The number of carbonyl (C=O) groups excluding carboxylic acids is 1. The summed E-state index contributed by atoms with van der Waals surface area (Å²) in [7, 11) is 2.00. The molecule has 1 saturated carbocycles. The Kier molecular flexibility index (Phi) is 7.08. The topological polar surface area (TPSA) is 26.8 Å². The molecule has 3 aliphatic rings. The van der Waals surface area contributed by atoms with Gasteiger partial charge >= 0.3 is 6.03 Å². The molecule has 2 heterocycles. The molecule has 3 fully saturated rings. The summed E-state index contributed by atoms with van der Waals surface area (Å²) < 4.78 is 1.17. The number of carbonyl (C=O) groups is 1. The normalized spacial score (nSPS) is 25.2. The Morgan fingerprint density at radius 3 is 2.55 bits per heavy atom. The first-order chi connectivity index (χ1) is 14.0. The van der Waals surface area contributed by atoms with Crippen LogP contribution in [0.4, 0.5) is 4.79 Å². The minimum absolute atomic E-state index is 0.252. The van der Waals surface area contributed by atoms with Gasteiger partial charge in [0, 0.05) is 35.7 Å². The quantitative estimate of drug-likeness (QED) is 0.560. The third kappa shape index (κ3) is 5.11. The lowest BCUT2D eigenvalue weighted by atomic mass is 9.90. The van der Waals surface area contributed by atoms with E-state index < -0.39 is 0 Å². The van der Waals surface area contributed by atoms with Crippen molar-refractivity contribution < 1.29 is 4.79 Å².